The molecule has 3 rings (SSSR count). The van der Waals surface area contributed by atoms with Crippen molar-refractivity contribution in [1.29, 1.82) is 0 Å². The molecule has 0 radical (unpaired) electrons. The van der Waals surface area contributed by atoms with Crippen LogP contribution in [0.3, 0.4) is 0 Å². The predicted octanol–water partition coefficient (Wildman–Crippen LogP) is 3.12. The number of hydrogen-bond acceptors (Lipinski definition) is 2. The highest BCUT2D eigenvalue weighted by Gasteiger charge is 2.35. The smallest absolute Gasteiger partial charge is 0.227 e. The van der Waals surface area contributed by atoms with Gasteiger partial charge in [0.25, 0.3) is 0 Å². The zero-order valence-electron chi connectivity index (χ0n) is 12.5. The van der Waals surface area contributed by atoms with E-state index >= 15 is 0 Å². The van der Waals surface area contributed by atoms with Crippen LogP contribution in [-0.4, -0.2) is 18.4 Å². The molecule has 1 N–H and O–H groups in total. The van der Waals surface area contributed by atoms with Gasteiger partial charge in [-0.2, -0.15) is 0 Å². The van der Waals surface area contributed by atoms with E-state index in [2.05, 4.69) is 21.2 Å². The first-order valence-electron chi connectivity index (χ1n) is 7.51. The molecule has 5 heteroatoms. The SMILES string of the molecule is O=C(NCc1ccccc1)C1CC(=O)N(c2ccccc2Br)C1. The normalized spacial score (nSPS) is 17.3. The average Bonchev–Trinajstić information content (AvgIpc) is 2.96. The number of anilines is 1. The summed E-state index contributed by atoms with van der Waals surface area (Å²) < 4.78 is 0.860. The summed E-state index contributed by atoms with van der Waals surface area (Å²) >= 11 is 3.46. The van der Waals surface area contributed by atoms with Gasteiger partial charge in [-0.3, -0.25) is 9.59 Å². The third-order valence-corrected chi connectivity index (χ3v) is 4.62. The van der Waals surface area contributed by atoms with Gasteiger partial charge in [0.15, 0.2) is 0 Å². The summed E-state index contributed by atoms with van der Waals surface area (Å²) in [4.78, 5) is 26.2. The molecule has 1 heterocycles. The van der Waals surface area contributed by atoms with Crippen LogP contribution in [0.15, 0.2) is 59.1 Å². The first-order valence-corrected chi connectivity index (χ1v) is 8.31. The molecule has 1 unspecified atom stereocenters. The molecule has 0 aliphatic carbocycles. The number of nitrogens with one attached hydrogen (secondary N) is 1. The number of hydrogen-bond donors (Lipinski definition) is 1. The minimum Gasteiger partial charge on any atom is -0.352 e. The van der Waals surface area contributed by atoms with Gasteiger partial charge in [0, 0.05) is 24.0 Å². The summed E-state index contributed by atoms with van der Waals surface area (Å²) in [6, 6.07) is 17.3. The Hall–Kier alpha value is -2.14. The second kappa shape index (κ2) is 6.96. The predicted molar refractivity (Wildman–Crippen MR) is 92.9 cm³/mol. The molecule has 23 heavy (non-hydrogen) atoms. The number of halogens is 1. The molecule has 0 aromatic heterocycles. The van der Waals surface area contributed by atoms with Gasteiger partial charge in [0.1, 0.15) is 0 Å². The van der Waals surface area contributed by atoms with Crippen LogP contribution in [0.25, 0.3) is 0 Å². The van der Waals surface area contributed by atoms with Crippen molar-refractivity contribution in [3.8, 4) is 0 Å². The van der Waals surface area contributed by atoms with E-state index in [9.17, 15) is 9.59 Å². The number of amides is 2. The molecule has 1 saturated heterocycles. The second-order valence-electron chi connectivity index (χ2n) is 5.56. The maximum Gasteiger partial charge on any atom is 0.227 e. The van der Waals surface area contributed by atoms with Crippen molar-refractivity contribution in [2.24, 2.45) is 5.92 Å². The van der Waals surface area contributed by atoms with Crippen molar-refractivity contribution in [2.75, 3.05) is 11.4 Å². The van der Waals surface area contributed by atoms with Crippen LogP contribution in [0.4, 0.5) is 5.69 Å². The minimum atomic E-state index is -0.307. The second-order valence-corrected chi connectivity index (χ2v) is 6.41. The van der Waals surface area contributed by atoms with Gasteiger partial charge in [0.2, 0.25) is 11.8 Å². The number of nitrogens with zero attached hydrogens (tertiary/aromatic N) is 1. The van der Waals surface area contributed by atoms with Gasteiger partial charge in [-0.25, -0.2) is 0 Å². The Labute approximate surface area is 143 Å². The summed E-state index contributed by atoms with van der Waals surface area (Å²) in [5.41, 5.74) is 1.86. The first kappa shape index (κ1) is 15.7. The van der Waals surface area contributed by atoms with Crippen molar-refractivity contribution >= 4 is 33.4 Å². The molecule has 1 aliphatic rings. The maximum absolute atomic E-state index is 12.3. The van der Waals surface area contributed by atoms with Crippen LogP contribution in [0.5, 0.6) is 0 Å². The number of benzene rings is 2. The molecule has 4 nitrogen and oxygen atoms in total. The van der Waals surface area contributed by atoms with Gasteiger partial charge in [-0.1, -0.05) is 42.5 Å². The van der Waals surface area contributed by atoms with Crippen LogP contribution in [0.1, 0.15) is 12.0 Å². The molecule has 118 valence electrons. The van der Waals surface area contributed by atoms with E-state index in [-0.39, 0.29) is 24.2 Å². The number of carbonyl (C=O) groups excluding carboxylic acids is 2. The summed E-state index contributed by atoms with van der Waals surface area (Å²) in [5, 5.41) is 2.92. The third-order valence-electron chi connectivity index (χ3n) is 3.95. The van der Waals surface area contributed by atoms with Gasteiger partial charge in [-0.15, -0.1) is 0 Å². The van der Waals surface area contributed by atoms with Gasteiger partial charge in [0.05, 0.1) is 11.6 Å². The lowest BCUT2D eigenvalue weighted by atomic mass is 10.1. The summed E-state index contributed by atoms with van der Waals surface area (Å²) in [6.45, 7) is 0.904. The molecule has 0 bridgehead atoms. The lowest BCUT2D eigenvalue weighted by molar-refractivity contribution is -0.126. The van der Waals surface area contributed by atoms with Crippen molar-refractivity contribution in [2.45, 2.75) is 13.0 Å². The summed E-state index contributed by atoms with van der Waals surface area (Å²) in [7, 11) is 0. The molecule has 1 aliphatic heterocycles. The van der Waals surface area contributed by atoms with E-state index in [1.165, 1.54) is 0 Å². The van der Waals surface area contributed by atoms with E-state index in [0.29, 0.717) is 13.1 Å². The molecule has 2 aromatic rings. The van der Waals surface area contributed by atoms with Crippen LogP contribution in [0, 0.1) is 5.92 Å². The van der Waals surface area contributed by atoms with Gasteiger partial charge in [-0.05, 0) is 33.6 Å². The Balaban J connectivity index is 1.63. The van der Waals surface area contributed by atoms with Crippen LogP contribution in [0.2, 0.25) is 0 Å². The Morgan fingerprint density at radius 2 is 1.83 bits per heavy atom. The Morgan fingerprint density at radius 3 is 2.57 bits per heavy atom. The highest BCUT2D eigenvalue weighted by molar-refractivity contribution is 9.10. The molecule has 0 spiro atoms. The zero-order valence-corrected chi connectivity index (χ0v) is 14.1. The molecular formula is C18H17BrN2O2. The summed E-state index contributed by atoms with van der Waals surface area (Å²) in [6.07, 6.45) is 0.252. The lowest BCUT2D eigenvalue weighted by Gasteiger charge is -2.18. The van der Waals surface area contributed by atoms with Crippen LogP contribution < -0.4 is 10.2 Å². The van der Waals surface area contributed by atoms with E-state index in [1.54, 1.807) is 4.90 Å². The van der Waals surface area contributed by atoms with Gasteiger partial charge < -0.3 is 10.2 Å². The quantitative estimate of drug-likeness (QED) is 0.896. The van der Waals surface area contributed by atoms with E-state index in [1.807, 2.05) is 54.6 Å². The fourth-order valence-electron chi connectivity index (χ4n) is 2.72. The number of para-hydroxylation sites is 1. The fourth-order valence-corrected chi connectivity index (χ4v) is 3.21. The lowest BCUT2D eigenvalue weighted by Crippen LogP contribution is -2.32. The molecular weight excluding hydrogens is 356 g/mol. The van der Waals surface area contributed by atoms with Crippen molar-refractivity contribution in [1.82, 2.24) is 5.32 Å². The van der Waals surface area contributed by atoms with E-state index in [0.717, 1.165) is 15.7 Å². The Kier molecular flexibility index (Phi) is 4.76. The van der Waals surface area contributed by atoms with Gasteiger partial charge >= 0.3 is 0 Å². The highest BCUT2D eigenvalue weighted by atomic mass is 79.9. The fraction of sp³-hybridized carbons (Fsp3) is 0.222. The molecule has 2 amide bonds. The minimum absolute atomic E-state index is 0.0169. The largest absolute Gasteiger partial charge is 0.352 e. The molecule has 2 aromatic carbocycles. The highest BCUT2D eigenvalue weighted by Crippen LogP contribution is 2.31. The summed E-state index contributed by atoms with van der Waals surface area (Å²) in [5.74, 6) is -0.396. The van der Waals surface area contributed by atoms with Crippen molar-refractivity contribution in [3.05, 3.63) is 64.6 Å². The van der Waals surface area contributed by atoms with Crippen molar-refractivity contribution < 1.29 is 9.59 Å². The molecule has 0 saturated carbocycles. The van der Waals surface area contributed by atoms with E-state index in [4.69, 9.17) is 0 Å². The topological polar surface area (TPSA) is 49.4 Å². The van der Waals surface area contributed by atoms with E-state index < -0.39 is 0 Å². The molecule has 1 fully saturated rings. The number of rotatable bonds is 4. The monoisotopic (exact) mass is 372 g/mol. The van der Waals surface area contributed by atoms with Crippen LogP contribution in [-0.2, 0) is 16.1 Å². The Morgan fingerprint density at radius 1 is 1.13 bits per heavy atom. The zero-order chi connectivity index (χ0) is 16.2. The third kappa shape index (κ3) is 3.62. The maximum atomic E-state index is 12.3. The van der Waals surface area contributed by atoms with Crippen LogP contribution >= 0.6 is 15.9 Å². The average molecular weight is 373 g/mol. The Bertz CT molecular complexity index is 718. The molecule has 1 atom stereocenters. The standard InChI is InChI=1S/C18H17BrN2O2/c19-15-8-4-5-9-16(15)21-12-14(10-17(21)22)18(23)20-11-13-6-2-1-3-7-13/h1-9,14H,10-12H2,(H,20,23). The number of carbonyl (C=O) groups is 2. The first-order chi connectivity index (χ1) is 11.1. The van der Waals surface area contributed by atoms with Crippen molar-refractivity contribution in [3.63, 3.8) is 0 Å².